The molecule has 23 heavy (non-hydrogen) atoms. The Bertz CT molecular complexity index is 726. The molecule has 0 aliphatic carbocycles. The van der Waals surface area contributed by atoms with Crippen LogP contribution in [0.2, 0.25) is 0 Å². The van der Waals surface area contributed by atoms with E-state index in [1.807, 2.05) is 18.2 Å². The summed E-state index contributed by atoms with van der Waals surface area (Å²) < 4.78 is 34.1. The predicted octanol–water partition coefficient (Wildman–Crippen LogP) is 1.65. The van der Waals surface area contributed by atoms with E-state index >= 15 is 0 Å². The maximum atomic E-state index is 11.4. The van der Waals surface area contributed by atoms with Gasteiger partial charge in [-0.1, -0.05) is 69.4 Å². The van der Waals surface area contributed by atoms with Crippen LogP contribution in [0.25, 0.3) is 10.8 Å². The molecule has 0 aliphatic heterocycles. The number of fused-ring (bicyclic) bond motifs is 1. The van der Waals surface area contributed by atoms with Gasteiger partial charge in [0.05, 0.1) is 4.90 Å². The molecular formula is C18H23KO3S. The molecule has 2 rings (SSSR count). The molecular weight excluding hydrogens is 335 g/mol. The molecule has 0 spiro atoms. The molecule has 0 N–H and O–H groups in total. The van der Waals surface area contributed by atoms with Crippen molar-refractivity contribution in [3.63, 3.8) is 0 Å². The number of hydrogen-bond donors (Lipinski definition) is 0. The first-order valence-electron chi connectivity index (χ1n) is 8.00. The third kappa shape index (κ3) is 6.23. The fraction of sp³-hybridized carbons (Fsp3) is 0.444. The van der Waals surface area contributed by atoms with Gasteiger partial charge in [0.2, 0.25) is 0 Å². The van der Waals surface area contributed by atoms with Gasteiger partial charge in [0.25, 0.3) is 0 Å². The number of rotatable bonds is 8. The molecule has 0 radical (unpaired) electrons. The van der Waals surface area contributed by atoms with Gasteiger partial charge < -0.3 is 4.55 Å². The van der Waals surface area contributed by atoms with Crippen LogP contribution in [0.15, 0.2) is 41.3 Å². The summed E-state index contributed by atoms with van der Waals surface area (Å²) in [6.45, 7) is 2.21. The standard InChI is InChI=1S/C18H24O3S.K/c1-2-3-4-5-6-7-10-15-11-8-13-17-16(15)12-9-14-18(17)22(19,20)21;/h8-9,11-14H,2-7,10H2,1H3,(H,19,20,21);/q;+1/p-1. The van der Waals surface area contributed by atoms with Crippen LogP contribution in [0.3, 0.4) is 0 Å². The first kappa shape index (κ1) is 21.3. The maximum absolute atomic E-state index is 11.4. The van der Waals surface area contributed by atoms with E-state index in [0.29, 0.717) is 5.39 Å². The van der Waals surface area contributed by atoms with E-state index in [0.717, 1.165) is 23.8 Å². The van der Waals surface area contributed by atoms with Crippen molar-refractivity contribution in [2.45, 2.75) is 56.8 Å². The van der Waals surface area contributed by atoms with Gasteiger partial charge in [0, 0.05) is 0 Å². The monoisotopic (exact) mass is 358 g/mol. The Balaban J connectivity index is 0.00000264. The van der Waals surface area contributed by atoms with Gasteiger partial charge in [-0.2, -0.15) is 0 Å². The molecule has 2 aromatic carbocycles. The summed E-state index contributed by atoms with van der Waals surface area (Å²) >= 11 is 0. The molecule has 0 atom stereocenters. The minimum atomic E-state index is -4.43. The summed E-state index contributed by atoms with van der Waals surface area (Å²) in [6.07, 6.45) is 8.27. The van der Waals surface area contributed by atoms with Crippen molar-refractivity contribution in [3.05, 3.63) is 42.0 Å². The largest absolute Gasteiger partial charge is 1.00 e. The van der Waals surface area contributed by atoms with Crippen molar-refractivity contribution in [1.82, 2.24) is 0 Å². The van der Waals surface area contributed by atoms with E-state index in [1.165, 1.54) is 38.2 Å². The minimum absolute atomic E-state index is 0. The van der Waals surface area contributed by atoms with Gasteiger partial charge in [-0.3, -0.25) is 0 Å². The smallest absolute Gasteiger partial charge is 0.744 e. The molecule has 0 unspecified atom stereocenters. The molecule has 0 aliphatic rings. The summed E-state index contributed by atoms with van der Waals surface area (Å²) in [5.41, 5.74) is 1.12. The second-order valence-electron chi connectivity index (χ2n) is 5.74. The van der Waals surface area contributed by atoms with Gasteiger partial charge in [-0.15, -0.1) is 0 Å². The van der Waals surface area contributed by atoms with Gasteiger partial charge in [-0.25, -0.2) is 8.42 Å². The van der Waals surface area contributed by atoms with E-state index in [4.69, 9.17) is 0 Å². The second kappa shape index (κ2) is 10.3. The van der Waals surface area contributed by atoms with Gasteiger partial charge in [0.15, 0.2) is 0 Å². The zero-order valence-corrected chi connectivity index (χ0v) is 18.0. The zero-order valence-electron chi connectivity index (χ0n) is 14.0. The Morgan fingerprint density at radius 3 is 2.17 bits per heavy atom. The average molecular weight is 359 g/mol. The van der Waals surface area contributed by atoms with Crippen molar-refractivity contribution in [1.29, 1.82) is 0 Å². The third-order valence-electron chi connectivity index (χ3n) is 4.04. The van der Waals surface area contributed by atoms with Crippen molar-refractivity contribution >= 4 is 20.9 Å². The van der Waals surface area contributed by atoms with Gasteiger partial charge >= 0.3 is 51.4 Å². The first-order valence-corrected chi connectivity index (χ1v) is 9.41. The number of aryl methyl sites for hydroxylation is 1. The Kier molecular flexibility index (Phi) is 9.52. The molecule has 0 heterocycles. The van der Waals surface area contributed by atoms with Crippen molar-refractivity contribution in [3.8, 4) is 0 Å². The Labute approximate surface area is 182 Å². The molecule has 5 heteroatoms. The minimum Gasteiger partial charge on any atom is -0.744 e. The van der Waals surface area contributed by atoms with Crippen LogP contribution >= 0.6 is 0 Å². The quantitative estimate of drug-likeness (QED) is 0.410. The first-order chi connectivity index (χ1) is 10.5. The Morgan fingerprint density at radius 2 is 1.48 bits per heavy atom. The summed E-state index contributed by atoms with van der Waals surface area (Å²) in [7, 11) is -4.43. The summed E-state index contributed by atoms with van der Waals surface area (Å²) in [6, 6.07) is 10.5. The van der Waals surface area contributed by atoms with Crippen LogP contribution in [0.1, 0.15) is 51.0 Å². The van der Waals surface area contributed by atoms with Gasteiger partial charge in [-0.05, 0) is 35.2 Å². The molecule has 2 aromatic rings. The van der Waals surface area contributed by atoms with E-state index in [9.17, 15) is 13.0 Å². The van der Waals surface area contributed by atoms with Crippen LogP contribution < -0.4 is 51.4 Å². The molecule has 0 saturated heterocycles. The molecule has 0 fully saturated rings. The molecule has 0 aromatic heterocycles. The Morgan fingerprint density at radius 1 is 0.870 bits per heavy atom. The van der Waals surface area contributed by atoms with Crippen LogP contribution in [0.5, 0.6) is 0 Å². The SMILES string of the molecule is CCCCCCCCc1cccc2c(S(=O)(=O)[O-])cccc12.[K+]. The topological polar surface area (TPSA) is 57.2 Å². The predicted molar refractivity (Wildman–Crippen MR) is 89.0 cm³/mol. The van der Waals surface area contributed by atoms with Crippen LogP contribution in [-0.2, 0) is 16.5 Å². The fourth-order valence-corrected chi connectivity index (χ4v) is 3.57. The van der Waals surface area contributed by atoms with E-state index < -0.39 is 10.1 Å². The second-order valence-corrected chi connectivity index (χ2v) is 7.09. The summed E-state index contributed by atoms with van der Waals surface area (Å²) in [5, 5.41) is 1.42. The van der Waals surface area contributed by atoms with Crippen LogP contribution in [0, 0.1) is 0 Å². The number of hydrogen-bond acceptors (Lipinski definition) is 3. The molecule has 3 nitrogen and oxygen atoms in total. The Hall–Kier alpha value is 0.246. The van der Waals surface area contributed by atoms with Crippen molar-refractivity contribution in [2.24, 2.45) is 0 Å². The van der Waals surface area contributed by atoms with E-state index in [2.05, 4.69) is 6.92 Å². The van der Waals surface area contributed by atoms with E-state index in [-0.39, 0.29) is 56.3 Å². The zero-order chi connectivity index (χ0) is 16.0. The molecule has 0 saturated carbocycles. The van der Waals surface area contributed by atoms with Crippen molar-refractivity contribution < 1.29 is 64.4 Å². The molecule has 120 valence electrons. The van der Waals surface area contributed by atoms with Crippen LogP contribution in [0.4, 0.5) is 0 Å². The molecule has 0 amide bonds. The van der Waals surface area contributed by atoms with Gasteiger partial charge in [0.1, 0.15) is 10.1 Å². The summed E-state index contributed by atoms with van der Waals surface area (Å²) in [5.74, 6) is 0. The number of benzene rings is 2. The van der Waals surface area contributed by atoms with Crippen LogP contribution in [-0.4, -0.2) is 13.0 Å². The third-order valence-corrected chi connectivity index (χ3v) is 4.94. The maximum Gasteiger partial charge on any atom is 1.00 e. The summed E-state index contributed by atoms with van der Waals surface area (Å²) in [4.78, 5) is -0.116. The fourth-order valence-electron chi connectivity index (χ4n) is 2.88. The normalized spacial score (nSPS) is 11.4. The molecule has 0 bridgehead atoms. The number of unbranched alkanes of at least 4 members (excludes halogenated alkanes) is 5. The van der Waals surface area contributed by atoms with E-state index in [1.54, 1.807) is 12.1 Å². The van der Waals surface area contributed by atoms with Crippen molar-refractivity contribution in [2.75, 3.05) is 0 Å². The average Bonchev–Trinajstić information content (AvgIpc) is 2.49.